The first-order valence-electron chi connectivity index (χ1n) is 9.24. The van der Waals surface area contributed by atoms with Gasteiger partial charge in [-0.3, -0.25) is 14.6 Å². The molecular formula is C21H27N4O2+. The maximum Gasteiger partial charge on any atom is 0.268 e. The zero-order valence-corrected chi connectivity index (χ0v) is 15.9. The second-order valence-corrected chi connectivity index (χ2v) is 6.13. The van der Waals surface area contributed by atoms with Crippen LogP contribution in [-0.4, -0.2) is 43.0 Å². The second-order valence-electron chi connectivity index (χ2n) is 6.13. The van der Waals surface area contributed by atoms with Gasteiger partial charge in [0.2, 0.25) is 0 Å². The molecule has 1 aromatic heterocycles. The van der Waals surface area contributed by atoms with E-state index in [-0.39, 0.29) is 17.5 Å². The summed E-state index contributed by atoms with van der Waals surface area (Å²) in [6, 6.07) is 12.4. The Kier molecular flexibility index (Phi) is 8.19. The highest BCUT2D eigenvalue weighted by molar-refractivity contribution is 6.05. The molecule has 0 bridgehead atoms. The SMILES string of the molecule is CC[NH+](CC)CCNC(=O)/C(=C\c1cccnc1)NC(=O)c1ccccc1. The second kappa shape index (κ2) is 10.9. The van der Waals surface area contributed by atoms with Crippen LogP contribution in [0.25, 0.3) is 6.08 Å². The minimum Gasteiger partial charge on any atom is -0.345 e. The van der Waals surface area contributed by atoms with Gasteiger partial charge in [-0.25, -0.2) is 0 Å². The van der Waals surface area contributed by atoms with Gasteiger partial charge in [0.15, 0.2) is 0 Å². The van der Waals surface area contributed by atoms with Crippen molar-refractivity contribution in [1.29, 1.82) is 0 Å². The van der Waals surface area contributed by atoms with Gasteiger partial charge in [0.25, 0.3) is 11.8 Å². The highest BCUT2D eigenvalue weighted by Gasteiger charge is 2.15. The number of aromatic nitrogens is 1. The van der Waals surface area contributed by atoms with Crippen molar-refractivity contribution in [2.75, 3.05) is 26.2 Å². The van der Waals surface area contributed by atoms with Crippen LogP contribution in [0, 0.1) is 0 Å². The van der Waals surface area contributed by atoms with Crippen molar-refractivity contribution in [1.82, 2.24) is 15.6 Å². The monoisotopic (exact) mass is 367 g/mol. The number of quaternary nitrogens is 1. The number of carbonyl (C=O) groups is 2. The molecule has 1 heterocycles. The molecule has 2 amide bonds. The van der Waals surface area contributed by atoms with Crippen LogP contribution in [0.15, 0.2) is 60.6 Å². The summed E-state index contributed by atoms with van der Waals surface area (Å²) < 4.78 is 0. The number of rotatable bonds is 9. The maximum atomic E-state index is 12.6. The molecule has 0 saturated carbocycles. The van der Waals surface area contributed by atoms with Crippen LogP contribution in [0.2, 0.25) is 0 Å². The fourth-order valence-electron chi connectivity index (χ4n) is 2.62. The van der Waals surface area contributed by atoms with Crippen LogP contribution in [0.5, 0.6) is 0 Å². The Morgan fingerprint density at radius 3 is 2.44 bits per heavy atom. The molecule has 0 unspecified atom stereocenters. The molecule has 142 valence electrons. The molecule has 3 N–H and O–H groups in total. The Hall–Kier alpha value is -2.99. The Labute approximate surface area is 160 Å². The van der Waals surface area contributed by atoms with Crippen LogP contribution >= 0.6 is 0 Å². The molecule has 2 aromatic rings. The lowest BCUT2D eigenvalue weighted by molar-refractivity contribution is -0.895. The number of hydrogen-bond donors (Lipinski definition) is 3. The van der Waals surface area contributed by atoms with Gasteiger partial charge in [0, 0.05) is 18.0 Å². The summed E-state index contributed by atoms with van der Waals surface area (Å²) in [6.45, 7) is 7.64. The molecule has 2 rings (SSSR count). The third kappa shape index (κ3) is 6.67. The van der Waals surface area contributed by atoms with Gasteiger partial charge in [-0.05, 0) is 43.7 Å². The quantitative estimate of drug-likeness (QED) is 0.576. The van der Waals surface area contributed by atoms with Crippen LogP contribution in [0.4, 0.5) is 0 Å². The summed E-state index contributed by atoms with van der Waals surface area (Å²) in [5.41, 5.74) is 1.44. The molecule has 0 atom stereocenters. The van der Waals surface area contributed by atoms with E-state index in [2.05, 4.69) is 29.5 Å². The van der Waals surface area contributed by atoms with E-state index >= 15 is 0 Å². The first-order valence-corrected chi connectivity index (χ1v) is 9.24. The minimum absolute atomic E-state index is 0.200. The predicted molar refractivity (Wildman–Crippen MR) is 106 cm³/mol. The number of carbonyl (C=O) groups excluding carboxylic acids is 2. The van der Waals surface area contributed by atoms with Gasteiger partial charge in [0.1, 0.15) is 5.70 Å². The lowest BCUT2D eigenvalue weighted by Crippen LogP contribution is -3.12. The van der Waals surface area contributed by atoms with E-state index in [0.717, 1.165) is 25.2 Å². The molecule has 1 aromatic carbocycles. The average molecular weight is 367 g/mol. The average Bonchev–Trinajstić information content (AvgIpc) is 2.72. The molecule has 6 heteroatoms. The highest BCUT2D eigenvalue weighted by Crippen LogP contribution is 2.06. The molecule has 0 saturated heterocycles. The number of likely N-dealkylation sites (N-methyl/N-ethyl adjacent to an activating group) is 1. The van der Waals surface area contributed by atoms with E-state index in [1.54, 1.807) is 48.8 Å². The summed E-state index contributed by atoms with van der Waals surface area (Å²) in [5.74, 6) is -0.634. The first-order chi connectivity index (χ1) is 13.1. The fourth-order valence-corrected chi connectivity index (χ4v) is 2.62. The fraction of sp³-hybridized carbons (Fsp3) is 0.286. The summed E-state index contributed by atoms with van der Waals surface area (Å²) in [6.07, 6.45) is 4.93. The van der Waals surface area contributed by atoms with Crippen LogP contribution < -0.4 is 15.5 Å². The van der Waals surface area contributed by atoms with Gasteiger partial charge in [-0.2, -0.15) is 0 Å². The van der Waals surface area contributed by atoms with Crippen LogP contribution in [0.1, 0.15) is 29.8 Å². The minimum atomic E-state index is -0.324. The lowest BCUT2D eigenvalue weighted by Gasteiger charge is -2.16. The Balaban J connectivity index is 2.11. The number of nitrogens with one attached hydrogen (secondary N) is 3. The topological polar surface area (TPSA) is 75.5 Å². The molecule has 0 aliphatic rings. The molecule has 0 aliphatic heterocycles. The van der Waals surface area contributed by atoms with Crippen LogP contribution in [-0.2, 0) is 4.79 Å². The van der Waals surface area contributed by atoms with Crippen LogP contribution in [0.3, 0.4) is 0 Å². The standard InChI is InChI=1S/C21H26N4O2/c1-3-25(4-2)14-13-23-21(27)19(15-17-9-8-12-22-16-17)24-20(26)18-10-6-5-7-11-18/h5-12,15-16H,3-4,13-14H2,1-2H3,(H,23,27)(H,24,26)/p+1/b19-15+. The Morgan fingerprint density at radius 1 is 1.07 bits per heavy atom. The molecule has 0 fully saturated rings. The first kappa shape index (κ1) is 20.3. The van der Waals surface area contributed by atoms with E-state index in [0.29, 0.717) is 12.1 Å². The normalized spacial score (nSPS) is 11.3. The summed E-state index contributed by atoms with van der Waals surface area (Å²) in [7, 11) is 0. The van der Waals surface area contributed by atoms with Crippen molar-refractivity contribution in [3.05, 3.63) is 71.7 Å². The number of nitrogens with zero attached hydrogens (tertiary/aromatic N) is 1. The van der Waals surface area contributed by atoms with E-state index < -0.39 is 0 Å². The summed E-state index contributed by atoms with van der Waals surface area (Å²) in [4.78, 5) is 30.6. The van der Waals surface area contributed by atoms with Gasteiger partial charge in [-0.15, -0.1) is 0 Å². The predicted octanol–water partition coefficient (Wildman–Crippen LogP) is 0.893. The van der Waals surface area contributed by atoms with Gasteiger partial charge < -0.3 is 15.5 Å². The number of amides is 2. The highest BCUT2D eigenvalue weighted by atomic mass is 16.2. The molecule has 0 radical (unpaired) electrons. The van der Waals surface area contributed by atoms with E-state index in [1.807, 2.05) is 12.1 Å². The van der Waals surface area contributed by atoms with Gasteiger partial charge in [0.05, 0.1) is 26.2 Å². The van der Waals surface area contributed by atoms with Crippen molar-refractivity contribution in [2.24, 2.45) is 0 Å². The van der Waals surface area contributed by atoms with E-state index in [1.165, 1.54) is 4.90 Å². The van der Waals surface area contributed by atoms with E-state index in [4.69, 9.17) is 0 Å². The third-order valence-corrected chi connectivity index (χ3v) is 4.29. The maximum absolute atomic E-state index is 12.6. The molecule has 6 nitrogen and oxygen atoms in total. The van der Waals surface area contributed by atoms with Gasteiger partial charge >= 0.3 is 0 Å². The Bertz CT molecular complexity index is 756. The zero-order chi connectivity index (χ0) is 19.5. The third-order valence-electron chi connectivity index (χ3n) is 4.29. The molecule has 0 spiro atoms. The van der Waals surface area contributed by atoms with Crippen molar-refractivity contribution >= 4 is 17.9 Å². The van der Waals surface area contributed by atoms with Gasteiger partial charge in [-0.1, -0.05) is 24.3 Å². The molecular weight excluding hydrogens is 340 g/mol. The van der Waals surface area contributed by atoms with Crippen molar-refractivity contribution < 1.29 is 14.5 Å². The zero-order valence-electron chi connectivity index (χ0n) is 15.9. The van der Waals surface area contributed by atoms with Crippen molar-refractivity contribution in [3.8, 4) is 0 Å². The largest absolute Gasteiger partial charge is 0.345 e. The van der Waals surface area contributed by atoms with E-state index in [9.17, 15) is 9.59 Å². The number of hydrogen-bond acceptors (Lipinski definition) is 3. The Morgan fingerprint density at radius 2 is 1.81 bits per heavy atom. The van der Waals surface area contributed by atoms with Crippen molar-refractivity contribution in [2.45, 2.75) is 13.8 Å². The summed E-state index contributed by atoms with van der Waals surface area (Å²) in [5, 5.41) is 5.62. The molecule has 0 aliphatic carbocycles. The summed E-state index contributed by atoms with van der Waals surface area (Å²) >= 11 is 0. The van der Waals surface area contributed by atoms with Crippen molar-refractivity contribution in [3.63, 3.8) is 0 Å². The lowest BCUT2D eigenvalue weighted by atomic mass is 10.2. The smallest absolute Gasteiger partial charge is 0.268 e. The number of benzene rings is 1. The number of pyridine rings is 1. The molecule has 27 heavy (non-hydrogen) atoms.